The second kappa shape index (κ2) is 4.43. The van der Waals surface area contributed by atoms with Crippen LogP contribution in [0.2, 0.25) is 0 Å². The van der Waals surface area contributed by atoms with Crippen LogP contribution in [0.5, 0.6) is 0 Å². The highest BCUT2D eigenvalue weighted by atomic mass is 32.1. The Balaban J connectivity index is 2.58. The van der Waals surface area contributed by atoms with E-state index in [2.05, 4.69) is 27.8 Å². The summed E-state index contributed by atoms with van der Waals surface area (Å²) in [4.78, 5) is 25.3. The summed E-state index contributed by atoms with van der Waals surface area (Å²) in [6.07, 6.45) is 1.21. The van der Waals surface area contributed by atoms with Crippen molar-refractivity contribution >= 4 is 35.4 Å². The minimum atomic E-state index is -1.35. The van der Waals surface area contributed by atoms with E-state index in [1.165, 1.54) is 6.21 Å². The van der Waals surface area contributed by atoms with Gasteiger partial charge in [-0.2, -0.15) is 0 Å². The third kappa shape index (κ3) is 3.05. The fraction of sp³-hybridized carbons (Fsp3) is 0.429. The van der Waals surface area contributed by atoms with Gasteiger partial charge in [0.1, 0.15) is 5.54 Å². The van der Waals surface area contributed by atoms with Crippen molar-refractivity contribution in [3.63, 3.8) is 0 Å². The molecule has 1 aliphatic heterocycles. The molecule has 1 aliphatic rings. The predicted octanol–water partition coefficient (Wildman–Crippen LogP) is -2.16. The molecule has 1 rings (SSSR count). The third-order valence-electron chi connectivity index (χ3n) is 1.75. The van der Waals surface area contributed by atoms with Crippen LogP contribution in [0.25, 0.3) is 0 Å². The van der Waals surface area contributed by atoms with Gasteiger partial charge >= 0.3 is 5.97 Å². The molecule has 7 nitrogen and oxygen atoms in total. The molecule has 0 aromatic carbocycles. The van der Waals surface area contributed by atoms with Crippen molar-refractivity contribution in [2.24, 2.45) is 10.7 Å². The van der Waals surface area contributed by atoms with Crippen molar-refractivity contribution in [1.82, 2.24) is 10.6 Å². The van der Waals surface area contributed by atoms with Crippen LogP contribution < -0.4 is 16.4 Å². The smallest absolute Gasteiger partial charge is 0.317 e. The topological polar surface area (TPSA) is 117 Å². The van der Waals surface area contributed by atoms with Gasteiger partial charge in [0, 0.05) is 12.8 Å². The first-order valence-corrected chi connectivity index (χ1v) is 4.47. The Bertz CT molecular complexity index is 343. The van der Waals surface area contributed by atoms with Gasteiger partial charge in [0.2, 0.25) is 0 Å². The lowest BCUT2D eigenvalue weighted by Gasteiger charge is -2.26. The molecule has 0 aliphatic carbocycles. The molecule has 0 fully saturated rings. The molecular formula is C7H10N4O3S. The van der Waals surface area contributed by atoms with E-state index >= 15 is 0 Å². The summed E-state index contributed by atoms with van der Waals surface area (Å²) in [5, 5.41) is 13.2. The summed E-state index contributed by atoms with van der Waals surface area (Å²) in [5.41, 5.74) is 4.33. The standard InChI is InChI=1S/C7H10N4O3S/c8-7(2-9-1-4(12)13)3-10-6(15)11-5(7)14/h3,9H,1-2,8H2,(H,12,13)(H,11,14,15). The Hall–Kier alpha value is -1.38. The van der Waals surface area contributed by atoms with Crippen LogP contribution in [-0.4, -0.2) is 46.9 Å². The lowest BCUT2D eigenvalue weighted by Crippen LogP contribution is -2.64. The van der Waals surface area contributed by atoms with E-state index < -0.39 is 17.4 Å². The summed E-state index contributed by atoms with van der Waals surface area (Å²) >= 11 is 4.64. The Kier molecular flexibility index (Phi) is 3.45. The van der Waals surface area contributed by atoms with Gasteiger partial charge in [0.15, 0.2) is 5.11 Å². The van der Waals surface area contributed by atoms with Crippen LogP contribution in [0, 0.1) is 0 Å². The van der Waals surface area contributed by atoms with Crippen LogP contribution >= 0.6 is 12.2 Å². The third-order valence-corrected chi connectivity index (χ3v) is 1.96. The molecule has 82 valence electrons. The molecule has 1 heterocycles. The van der Waals surface area contributed by atoms with E-state index in [0.717, 1.165) is 0 Å². The molecular weight excluding hydrogens is 220 g/mol. The molecule has 0 radical (unpaired) electrons. The minimum Gasteiger partial charge on any atom is -0.480 e. The number of hydrogen-bond donors (Lipinski definition) is 4. The van der Waals surface area contributed by atoms with Crippen molar-refractivity contribution in [2.45, 2.75) is 5.54 Å². The number of thiocarbonyl (C=S) groups is 1. The number of nitrogens with zero attached hydrogens (tertiary/aromatic N) is 1. The average molecular weight is 230 g/mol. The Morgan fingerprint density at radius 1 is 1.80 bits per heavy atom. The molecule has 0 bridgehead atoms. The normalized spacial score (nSPS) is 25.1. The van der Waals surface area contributed by atoms with Gasteiger partial charge < -0.3 is 16.2 Å². The molecule has 1 amide bonds. The number of carbonyl (C=O) groups excluding carboxylic acids is 1. The lowest BCUT2D eigenvalue weighted by molar-refractivity contribution is -0.136. The minimum absolute atomic E-state index is 0.0166. The van der Waals surface area contributed by atoms with Crippen molar-refractivity contribution in [2.75, 3.05) is 13.1 Å². The summed E-state index contributed by atoms with van der Waals surface area (Å²) in [5.74, 6) is -1.53. The SMILES string of the molecule is NC1(CNCC(=O)O)C=NC(=S)NC1=O. The molecule has 0 aromatic heterocycles. The van der Waals surface area contributed by atoms with Crippen LogP contribution in [0.15, 0.2) is 4.99 Å². The maximum atomic E-state index is 11.4. The predicted molar refractivity (Wildman–Crippen MR) is 56.7 cm³/mol. The monoisotopic (exact) mass is 230 g/mol. The first-order valence-electron chi connectivity index (χ1n) is 4.06. The van der Waals surface area contributed by atoms with Gasteiger partial charge in [-0.25, -0.2) is 4.99 Å². The van der Waals surface area contributed by atoms with Crippen molar-refractivity contribution in [1.29, 1.82) is 0 Å². The van der Waals surface area contributed by atoms with Crippen LogP contribution in [0.1, 0.15) is 0 Å². The van der Waals surface area contributed by atoms with Gasteiger partial charge in [0.05, 0.1) is 6.54 Å². The summed E-state index contributed by atoms with van der Waals surface area (Å²) in [7, 11) is 0. The number of nitrogens with one attached hydrogen (secondary N) is 2. The summed E-state index contributed by atoms with van der Waals surface area (Å²) < 4.78 is 0. The highest BCUT2D eigenvalue weighted by Crippen LogP contribution is 2.01. The number of aliphatic imine (C=N–C) groups is 1. The van der Waals surface area contributed by atoms with E-state index in [0.29, 0.717) is 0 Å². The second-order valence-corrected chi connectivity index (χ2v) is 3.44. The number of carboxylic acids is 1. The zero-order chi connectivity index (χ0) is 11.5. The first-order chi connectivity index (χ1) is 6.94. The first kappa shape index (κ1) is 11.7. The van der Waals surface area contributed by atoms with E-state index in [1.807, 2.05) is 0 Å². The number of hydrogen-bond acceptors (Lipinski definition) is 5. The highest BCUT2D eigenvalue weighted by molar-refractivity contribution is 7.80. The van der Waals surface area contributed by atoms with Crippen LogP contribution in [0.4, 0.5) is 0 Å². The molecule has 0 saturated heterocycles. The van der Waals surface area contributed by atoms with Gasteiger partial charge in [-0.3, -0.25) is 14.9 Å². The number of rotatable bonds is 4. The molecule has 8 heteroatoms. The van der Waals surface area contributed by atoms with Gasteiger partial charge in [-0.1, -0.05) is 0 Å². The van der Waals surface area contributed by atoms with Gasteiger partial charge in [-0.05, 0) is 12.2 Å². The number of nitrogens with two attached hydrogens (primary N) is 1. The maximum Gasteiger partial charge on any atom is 0.317 e. The van der Waals surface area contributed by atoms with Crippen molar-refractivity contribution < 1.29 is 14.7 Å². The number of amides is 1. The largest absolute Gasteiger partial charge is 0.480 e. The molecule has 1 unspecified atom stereocenters. The van der Waals surface area contributed by atoms with Gasteiger partial charge in [-0.15, -0.1) is 0 Å². The Labute approximate surface area is 90.7 Å². The molecule has 0 spiro atoms. The zero-order valence-electron chi connectivity index (χ0n) is 7.69. The van der Waals surface area contributed by atoms with Crippen molar-refractivity contribution in [3.05, 3.63) is 0 Å². The Morgan fingerprint density at radius 3 is 3.00 bits per heavy atom. The van der Waals surface area contributed by atoms with E-state index in [4.69, 9.17) is 10.8 Å². The molecule has 15 heavy (non-hydrogen) atoms. The zero-order valence-corrected chi connectivity index (χ0v) is 8.50. The quantitative estimate of drug-likeness (QED) is 0.409. The lowest BCUT2D eigenvalue weighted by atomic mass is 10.0. The molecule has 0 aromatic rings. The summed E-state index contributed by atoms with van der Waals surface area (Å²) in [6, 6.07) is 0. The summed E-state index contributed by atoms with van der Waals surface area (Å²) in [6.45, 7) is -0.290. The van der Waals surface area contributed by atoms with Gasteiger partial charge in [0.25, 0.3) is 5.91 Å². The fourth-order valence-electron chi connectivity index (χ4n) is 0.980. The van der Waals surface area contributed by atoms with E-state index in [9.17, 15) is 9.59 Å². The number of carbonyl (C=O) groups is 2. The molecule has 1 atom stereocenters. The maximum absolute atomic E-state index is 11.4. The van der Waals surface area contributed by atoms with Crippen LogP contribution in [-0.2, 0) is 9.59 Å². The van der Waals surface area contributed by atoms with E-state index in [-0.39, 0.29) is 18.2 Å². The number of aliphatic carboxylic acids is 1. The van der Waals surface area contributed by atoms with E-state index in [1.54, 1.807) is 0 Å². The molecule has 0 saturated carbocycles. The number of carboxylic acid groups (broad SMARTS) is 1. The second-order valence-electron chi connectivity index (χ2n) is 3.06. The average Bonchev–Trinajstić information content (AvgIpc) is 2.12. The molecule has 5 N–H and O–H groups in total. The fourth-order valence-corrected chi connectivity index (χ4v) is 1.13. The highest BCUT2D eigenvalue weighted by Gasteiger charge is 2.35. The Morgan fingerprint density at radius 2 is 2.47 bits per heavy atom. The van der Waals surface area contributed by atoms with Crippen LogP contribution in [0.3, 0.4) is 0 Å². The van der Waals surface area contributed by atoms with Crippen molar-refractivity contribution in [3.8, 4) is 0 Å².